The highest BCUT2D eigenvalue weighted by Crippen LogP contribution is 2.22. The van der Waals surface area contributed by atoms with Gasteiger partial charge >= 0.3 is 0 Å². The summed E-state index contributed by atoms with van der Waals surface area (Å²) in [6.45, 7) is 2.90. The lowest BCUT2D eigenvalue weighted by atomic mass is 9.95. The van der Waals surface area contributed by atoms with Crippen LogP contribution in [0, 0.1) is 6.92 Å². The van der Waals surface area contributed by atoms with Crippen LogP contribution in [0.1, 0.15) is 37.1 Å². The molecule has 1 fully saturated rings. The summed E-state index contributed by atoms with van der Waals surface area (Å²) < 4.78 is 0. The molecule has 0 atom stereocenters. The van der Waals surface area contributed by atoms with E-state index in [0.717, 1.165) is 30.8 Å². The first-order valence-electron chi connectivity index (χ1n) is 6.04. The predicted molar refractivity (Wildman–Crippen MR) is 67.7 cm³/mol. The van der Waals surface area contributed by atoms with E-state index in [1.54, 1.807) is 0 Å². The molecule has 2 rings (SSSR count). The molecule has 0 aliphatic heterocycles. The van der Waals surface area contributed by atoms with Gasteiger partial charge in [-0.1, -0.05) is 6.07 Å². The normalized spacial score (nSPS) is 25.6. The molecule has 0 radical (unpaired) electrons. The summed E-state index contributed by atoms with van der Waals surface area (Å²) in [5, 5.41) is 3.96. The zero-order valence-corrected chi connectivity index (χ0v) is 10.5. The summed E-state index contributed by atoms with van der Waals surface area (Å²) >= 11 is 6.08. The Morgan fingerprint density at radius 3 is 2.75 bits per heavy atom. The highest BCUT2D eigenvalue weighted by Gasteiger charge is 2.18. The first kappa shape index (κ1) is 11.9. The van der Waals surface area contributed by atoms with E-state index in [-0.39, 0.29) is 0 Å². The van der Waals surface area contributed by atoms with Gasteiger partial charge in [0.2, 0.25) is 0 Å². The Morgan fingerprint density at radius 1 is 1.31 bits per heavy atom. The number of alkyl halides is 1. The zero-order valence-electron chi connectivity index (χ0n) is 9.75. The number of aryl methyl sites for hydroxylation is 1. The molecule has 88 valence electrons. The van der Waals surface area contributed by atoms with Crippen LogP contribution in [0.2, 0.25) is 0 Å². The molecule has 0 spiro atoms. The van der Waals surface area contributed by atoms with E-state index in [9.17, 15) is 0 Å². The number of hydrogen-bond donors (Lipinski definition) is 1. The van der Waals surface area contributed by atoms with E-state index in [4.69, 9.17) is 11.6 Å². The Hall–Kier alpha value is -0.600. The van der Waals surface area contributed by atoms with Crippen molar-refractivity contribution in [3.05, 3.63) is 29.6 Å². The summed E-state index contributed by atoms with van der Waals surface area (Å²) in [4.78, 5) is 4.48. The molecular formula is C13H19ClN2. The van der Waals surface area contributed by atoms with Gasteiger partial charge in [0.25, 0.3) is 0 Å². The minimum absolute atomic E-state index is 0.398. The number of aromatic nitrogens is 1. The van der Waals surface area contributed by atoms with E-state index < -0.39 is 0 Å². The quantitative estimate of drug-likeness (QED) is 0.819. The largest absolute Gasteiger partial charge is 0.308 e. The Morgan fingerprint density at radius 2 is 2.06 bits per heavy atom. The third kappa shape index (κ3) is 3.46. The number of hydrogen-bond acceptors (Lipinski definition) is 2. The van der Waals surface area contributed by atoms with Crippen molar-refractivity contribution < 1.29 is 0 Å². The van der Waals surface area contributed by atoms with Crippen LogP contribution in [-0.2, 0) is 6.54 Å². The van der Waals surface area contributed by atoms with E-state index in [0.29, 0.717) is 11.4 Å². The third-order valence-corrected chi connectivity index (χ3v) is 3.61. The maximum Gasteiger partial charge on any atom is 0.0544 e. The van der Waals surface area contributed by atoms with Crippen LogP contribution in [0.25, 0.3) is 0 Å². The standard InChI is InChI=1S/C13H19ClN2/c1-10-3-2-4-13(16-10)9-15-12-7-5-11(14)6-8-12/h2-4,11-12,15H,5-9H2,1H3. The molecule has 0 aromatic carbocycles. The molecular weight excluding hydrogens is 220 g/mol. The average Bonchev–Trinajstić information content (AvgIpc) is 2.28. The van der Waals surface area contributed by atoms with E-state index in [1.807, 2.05) is 13.0 Å². The van der Waals surface area contributed by atoms with Gasteiger partial charge in [0.1, 0.15) is 0 Å². The van der Waals surface area contributed by atoms with Gasteiger partial charge in [0.15, 0.2) is 0 Å². The van der Waals surface area contributed by atoms with Crippen molar-refractivity contribution in [2.75, 3.05) is 0 Å². The molecule has 0 bridgehead atoms. The first-order valence-corrected chi connectivity index (χ1v) is 6.47. The molecule has 1 aliphatic carbocycles. The fourth-order valence-electron chi connectivity index (χ4n) is 2.20. The van der Waals surface area contributed by atoms with Crippen LogP contribution in [0.3, 0.4) is 0 Å². The van der Waals surface area contributed by atoms with Crippen LogP contribution in [0.5, 0.6) is 0 Å². The van der Waals surface area contributed by atoms with Crippen molar-refractivity contribution in [3.63, 3.8) is 0 Å². The van der Waals surface area contributed by atoms with Crippen molar-refractivity contribution in [1.29, 1.82) is 0 Å². The van der Waals surface area contributed by atoms with Crippen LogP contribution < -0.4 is 5.32 Å². The van der Waals surface area contributed by atoms with Gasteiger partial charge in [0, 0.05) is 23.7 Å². The Balaban J connectivity index is 1.79. The maximum absolute atomic E-state index is 6.08. The van der Waals surface area contributed by atoms with Crippen LogP contribution in [0.15, 0.2) is 18.2 Å². The van der Waals surface area contributed by atoms with Crippen molar-refractivity contribution in [3.8, 4) is 0 Å². The van der Waals surface area contributed by atoms with Gasteiger partial charge in [-0.15, -0.1) is 11.6 Å². The fourth-order valence-corrected chi connectivity index (χ4v) is 2.46. The van der Waals surface area contributed by atoms with Crippen molar-refractivity contribution in [2.45, 2.75) is 50.6 Å². The second-order valence-electron chi connectivity index (χ2n) is 4.60. The topological polar surface area (TPSA) is 24.9 Å². The molecule has 0 saturated heterocycles. The highest BCUT2D eigenvalue weighted by atomic mass is 35.5. The average molecular weight is 239 g/mol. The van der Waals surface area contributed by atoms with E-state index in [1.165, 1.54) is 12.8 Å². The lowest BCUT2D eigenvalue weighted by Gasteiger charge is -2.25. The number of nitrogens with zero attached hydrogens (tertiary/aromatic N) is 1. The number of rotatable bonds is 3. The highest BCUT2D eigenvalue weighted by molar-refractivity contribution is 6.20. The fraction of sp³-hybridized carbons (Fsp3) is 0.615. The zero-order chi connectivity index (χ0) is 11.4. The molecule has 16 heavy (non-hydrogen) atoms. The number of pyridine rings is 1. The maximum atomic E-state index is 6.08. The second kappa shape index (κ2) is 5.65. The Kier molecular flexibility index (Phi) is 4.19. The first-order chi connectivity index (χ1) is 7.74. The van der Waals surface area contributed by atoms with Crippen molar-refractivity contribution in [1.82, 2.24) is 10.3 Å². The minimum atomic E-state index is 0.398. The summed E-state index contributed by atoms with van der Waals surface area (Å²) in [6.07, 6.45) is 4.67. The van der Waals surface area contributed by atoms with Gasteiger partial charge in [-0.2, -0.15) is 0 Å². The van der Waals surface area contributed by atoms with E-state index in [2.05, 4.69) is 22.4 Å². The molecule has 1 saturated carbocycles. The Labute approximate surface area is 102 Å². The monoisotopic (exact) mass is 238 g/mol. The number of nitrogens with one attached hydrogen (secondary N) is 1. The smallest absolute Gasteiger partial charge is 0.0544 e. The molecule has 2 nitrogen and oxygen atoms in total. The molecule has 1 N–H and O–H groups in total. The molecule has 0 amide bonds. The predicted octanol–water partition coefficient (Wildman–Crippen LogP) is 3.03. The van der Waals surface area contributed by atoms with E-state index >= 15 is 0 Å². The summed E-state index contributed by atoms with van der Waals surface area (Å²) in [5.74, 6) is 0. The molecule has 1 heterocycles. The van der Waals surface area contributed by atoms with Gasteiger partial charge < -0.3 is 5.32 Å². The number of halogens is 1. The van der Waals surface area contributed by atoms with Gasteiger partial charge in [-0.3, -0.25) is 4.98 Å². The van der Waals surface area contributed by atoms with Crippen molar-refractivity contribution >= 4 is 11.6 Å². The molecule has 3 heteroatoms. The minimum Gasteiger partial charge on any atom is -0.308 e. The van der Waals surface area contributed by atoms with Crippen molar-refractivity contribution in [2.24, 2.45) is 0 Å². The summed E-state index contributed by atoms with van der Waals surface area (Å²) in [6, 6.07) is 6.79. The van der Waals surface area contributed by atoms with Gasteiger partial charge in [0.05, 0.1) is 5.69 Å². The van der Waals surface area contributed by atoms with Gasteiger partial charge in [-0.25, -0.2) is 0 Å². The van der Waals surface area contributed by atoms with Gasteiger partial charge in [-0.05, 0) is 44.7 Å². The second-order valence-corrected chi connectivity index (χ2v) is 5.22. The van der Waals surface area contributed by atoms with Crippen LogP contribution in [-0.4, -0.2) is 16.4 Å². The summed E-state index contributed by atoms with van der Waals surface area (Å²) in [5.41, 5.74) is 2.22. The Bertz CT molecular complexity index is 332. The lowest BCUT2D eigenvalue weighted by Crippen LogP contribution is -2.33. The molecule has 0 unspecified atom stereocenters. The van der Waals surface area contributed by atoms with Crippen LogP contribution in [0.4, 0.5) is 0 Å². The summed E-state index contributed by atoms with van der Waals surface area (Å²) in [7, 11) is 0. The lowest BCUT2D eigenvalue weighted by molar-refractivity contribution is 0.374. The molecule has 1 aromatic rings. The SMILES string of the molecule is Cc1cccc(CNC2CCC(Cl)CC2)n1. The third-order valence-electron chi connectivity index (χ3n) is 3.17. The molecule has 1 aromatic heterocycles. The van der Waals surface area contributed by atoms with Crippen LogP contribution >= 0.6 is 11.6 Å². The molecule has 1 aliphatic rings.